The summed E-state index contributed by atoms with van der Waals surface area (Å²) in [5, 5.41) is 0.613. The molecule has 1 aromatic heterocycles. The fraction of sp³-hybridized carbons (Fsp3) is 0.136. The maximum absolute atomic E-state index is 14.3. The minimum atomic E-state index is -0.679. The van der Waals surface area contributed by atoms with Crippen LogP contribution in [0.3, 0.4) is 0 Å². The molecule has 1 fully saturated rings. The van der Waals surface area contributed by atoms with Crippen molar-refractivity contribution in [3.63, 3.8) is 0 Å². The van der Waals surface area contributed by atoms with E-state index in [0.29, 0.717) is 16.1 Å². The number of methoxy groups -OCH3 is 1. The van der Waals surface area contributed by atoms with Crippen molar-refractivity contribution in [3.05, 3.63) is 75.5 Å². The van der Waals surface area contributed by atoms with Crippen LogP contribution in [-0.4, -0.2) is 40.2 Å². The Balaban J connectivity index is 1.72. The molecular weight excluding hydrogens is 443 g/mol. The van der Waals surface area contributed by atoms with Gasteiger partial charge >= 0.3 is 5.97 Å². The smallest absolute Gasteiger partial charge is 0.325 e. The Morgan fingerprint density at radius 3 is 2.71 bits per heavy atom. The van der Waals surface area contributed by atoms with E-state index >= 15 is 0 Å². The van der Waals surface area contributed by atoms with Crippen molar-refractivity contribution in [2.24, 2.45) is 0 Å². The van der Waals surface area contributed by atoms with E-state index in [0.717, 1.165) is 27.6 Å². The van der Waals surface area contributed by atoms with Gasteiger partial charge in [0.1, 0.15) is 12.4 Å². The van der Waals surface area contributed by atoms with E-state index in [1.807, 2.05) is 28.8 Å². The van der Waals surface area contributed by atoms with Gasteiger partial charge in [0.2, 0.25) is 0 Å². The molecule has 2 heterocycles. The van der Waals surface area contributed by atoms with Crippen LogP contribution in [0.15, 0.2) is 53.6 Å². The van der Waals surface area contributed by atoms with Crippen molar-refractivity contribution in [1.29, 1.82) is 0 Å². The number of nitrogens with zero attached hydrogens (tertiary/aromatic N) is 2. The number of fused-ring (bicyclic) bond motifs is 1. The number of amides is 2. The molecule has 2 amide bonds. The quantitative estimate of drug-likeness (QED) is 0.410. The molecule has 158 valence electrons. The third-order valence-electron chi connectivity index (χ3n) is 4.88. The summed E-state index contributed by atoms with van der Waals surface area (Å²) in [7, 11) is 1.19. The molecule has 9 heteroatoms. The fourth-order valence-corrected chi connectivity index (χ4v) is 4.40. The largest absolute Gasteiger partial charge is 0.468 e. The van der Waals surface area contributed by atoms with Crippen LogP contribution in [0.25, 0.3) is 17.0 Å². The first kappa shape index (κ1) is 21.1. The predicted molar refractivity (Wildman–Crippen MR) is 117 cm³/mol. The van der Waals surface area contributed by atoms with E-state index in [9.17, 15) is 18.8 Å². The Morgan fingerprint density at radius 1 is 1.19 bits per heavy atom. The van der Waals surface area contributed by atoms with Crippen molar-refractivity contribution >= 4 is 57.5 Å². The van der Waals surface area contributed by atoms with E-state index in [1.165, 1.54) is 13.2 Å². The molecule has 2 aromatic carbocycles. The highest BCUT2D eigenvalue weighted by Crippen LogP contribution is 2.34. The van der Waals surface area contributed by atoms with Gasteiger partial charge in [-0.15, -0.1) is 0 Å². The molecule has 0 bridgehead atoms. The van der Waals surface area contributed by atoms with Gasteiger partial charge in [-0.2, -0.15) is 0 Å². The van der Waals surface area contributed by atoms with Gasteiger partial charge in [-0.05, 0) is 36.0 Å². The van der Waals surface area contributed by atoms with Crippen LogP contribution >= 0.6 is 23.4 Å². The van der Waals surface area contributed by atoms with Crippen LogP contribution in [0.4, 0.5) is 9.18 Å². The molecule has 0 atom stereocenters. The average Bonchev–Trinajstić information content (AvgIpc) is 3.23. The summed E-state index contributed by atoms with van der Waals surface area (Å²) in [6.45, 7) is -0.240. The van der Waals surface area contributed by atoms with Crippen LogP contribution in [0.2, 0.25) is 5.02 Å². The Labute approximate surface area is 186 Å². The molecule has 4 rings (SSSR count). The zero-order chi connectivity index (χ0) is 22.1. The molecule has 0 unspecified atom stereocenters. The lowest BCUT2D eigenvalue weighted by Crippen LogP contribution is -2.34. The molecule has 0 aliphatic carbocycles. The molecule has 6 nitrogen and oxygen atoms in total. The van der Waals surface area contributed by atoms with Crippen LogP contribution in [0.1, 0.15) is 11.1 Å². The monoisotopic (exact) mass is 458 g/mol. The third-order valence-corrected chi connectivity index (χ3v) is 6.15. The number of aromatic nitrogens is 1. The number of hydrogen-bond acceptors (Lipinski definition) is 5. The van der Waals surface area contributed by atoms with E-state index in [2.05, 4.69) is 4.74 Å². The van der Waals surface area contributed by atoms with Crippen molar-refractivity contribution in [2.75, 3.05) is 13.7 Å². The molecule has 3 aromatic rings. The van der Waals surface area contributed by atoms with Gasteiger partial charge in [-0.25, -0.2) is 4.39 Å². The molecule has 1 aliphatic rings. The summed E-state index contributed by atoms with van der Waals surface area (Å²) in [5.74, 6) is -1.65. The van der Waals surface area contributed by atoms with Gasteiger partial charge in [0, 0.05) is 33.2 Å². The van der Waals surface area contributed by atoms with Gasteiger partial charge in [-0.3, -0.25) is 19.3 Å². The van der Waals surface area contributed by atoms with E-state index < -0.39 is 29.5 Å². The van der Waals surface area contributed by atoms with Gasteiger partial charge in [-0.1, -0.05) is 35.9 Å². The number of imide groups is 1. The molecular formula is C22H16ClFN2O4S. The second kappa shape index (κ2) is 8.56. The van der Waals surface area contributed by atoms with Crippen molar-refractivity contribution in [1.82, 2.24) is 9.47 Å². The van der Waals surface area contributed by atoms with Crippen molar-refractivity contribution in [3.8, 4) is 0 Å². The van der Waals surface area contributed by atoms with Gasteiger partial charge < -0.3 is 9.30 Å². The van der Waals surface area contributed by atoms with Gasteiger partial charge in [0.25, 0.3) is 11.1 Å². The van der Waals surface area contributed by atoms with Gasteiger partial charge in [0.05, 0.1) is 18.6 Å². The number of halogens is 2. The zero-order valence-electron chi connectivity index (χ0n) is 16.3. The number of para-hydroxylation sites is 1. The molecule has 1 saturated heterocycles. The number of carbonyl (C=O) groups excluding carboxylic acids is 3. The Bertz CT molecular complexity index is 1230. The molecule has 0 N–H and O–H groups in total. The van der Waals surface area contributed by atoms with Crippen LogP contribution in [0, 0.1) is 5.82 Å². The van der Waals surface area contributed by atoms with E-state index in [-0.39, 0.29) is 11.4 Å². The first-order chi connectivity index (χ1) is 14.9. The normalized spacial score (nSPS) is 15.3. The van der Waals surface area contributed by atoms with Crippen molar-refractivity contribution in [2.45, 2.75) is 6.54 Å². The maximum atomic E-state index is 14.3. The Kier molecular flexibility index (Phi) is 5.84. The summed E-state index contributed by atoms with van der Waals surface area (Å²) in [6, 6.07) is 12.0. The van der Waals surface area contributed by atoms with Crippen molar-refractivity contribution < 1.29 is 23.5 Å². The Hall–Kier alpha value is -3.10. The highest BCUT2D eigenvalue weighted by molar-refractivity contribution is 8.18. The summed E-state index contributed by atoms with van der Waals surface area (Å²) in [6.07, 6.45) is 3.38. The third kappa shape index (κ3) is 4.08. The van der Waals surface area contributed by atoms with Gasteiger partial charge in [0.15, 0.2) is 0 Å². The lowest BCUT2D eigenvalue weighted by molar-refractivity contribution is -0.143. The zero-order valence-corrected chi connectivity index (χ0v) is 17.9. The van der Waals surface area contributed by atoms with Crippen LogP contribution in [-0.2, 0) is 20.9 Å². The highest BCUT2D eigenvalue weighted by atomic mass is 35.5. The number of carbonyl (C=O) groups is 3. The summed E-state index contributed by atoms with van der Waals surface area (Å²) < 4.78 is 20.7. The number of ether oxygens (including phenoxy) is 1. The highest BCUT2D eigenvalue weighted by Gasteiger charge is 2.36. The molecule has 0 saturated carbocycles. The summed E-state index contributed by atoms with van der Waals surface area (Å²) in [5.41, 5.74) is 1.86. The second-order valence-electron chi connectivity index (χ2n) is 6.77. The van der Waals surface area contributed by atoms with Crippen LogP contribution in [0.5, 0.6) is 0 Å². The second-order valence-corrected chi connectivity index (χ2v) is 8.17. The molecule has 0 radical (unpaired) electrons. The predicted octanol–water partition coefficient (Wildman–Crippen LogP) is 4.69. The topological polar surface area (TPSA) is 68.6 Å². The molecule has 31 heavy (non-hydrogen) atoms. The standard InChI is InChI=1S/C22H16ClFN2O4S/c1-30-20(27)12-26-21(28)19(31-22(26)29)9-13-10-25(18-8-3-2-5-14(13)18)11-15-16(23)6-4-7-17(15)24/h2-10H,11-12H2,1H3/b19-9-. The molecule has 0 spiro atoms. The van der Waals surface area contributed by atoms with Crippen LogP contribution < -0.4 is 0 Å². The number of hydrogen-bond donors (Lipinski definition) is 0. The number of benzene rings is 2. The van der Waals surface area contributed by atoms with E-state index in [4.69, 9.17) is 11.6 Å². The molecule has 1 aliphatic heterocycles. The number of esters is 1. The fourth-order valence-electron chi connectivity index (χ4n) is 3.35. The SMILES string of the molecule is COC(=O)CN1C(=O)S/C(=C\c2cn(Cc3c(F)cccc3Cl)c3ccccc23)C1=O. The summed E-state index contributed by atoms with van der Waals surface area (Å²) in [4.78, 5) is 37.3. The minimum Gasteiger partial charge on any atom is -0.468 e. The summed E-state index contributed by atoms with van der Waals surface area (Å²) >= 11 is 6.94. The number of thioether (sulfide) groups is 1. The average molecular weight is 459 g/mol. The maximum Gasteiger partial charge on any atom is 0.325 e. The lowest BCUT2D eigenvalue weighted by atomic mass is 10.1. The lowest BCUT2D eigenvalue weighted by Gasteiger charge is -2.09. The number of rotatable bonds is 5. The minimum absolute atomic E-state index is 0.195. The first-order valence-electron chi connectivity index (χ1n) is 9.22. The van der Waals surface area contributed by atoms with E-state index in [1.54, 1.807) is 24.4 Å². The first-order valence-corrected chi connectivity index (χ1v) is 10.4. The Morgan fingerprint density at radius 2 is 1.97 bits per heavy atom.